The van der Waals surface area contributed by atoms with Crippen LogP contribution in [-0.2, 0) is 4.79 Å². The fourth-order valence-corrected chi connectivity index (χ4v) is 2.86. The second-order valence-corrected chi connectivity index (χ2v) is 6.34. The van der Waals surface area contributed by atoms with E-state index in [0.29, 0.717) is 22.2 Å². The van der Waals surface area contributed by atoms with Gasteiger partial charge in [0.15, 0.2) is 0 Å². The monoisotopic (exact) mass is 360 g/mol. The first-order valence-corrected chi connectivity index (χ1v) is 8.09. The summed E-state index contributed by atoms with van der Waals surface area (Å²) in [7, 11) is 0. The Morgan fingerprint density at radius 1 is 1.32 bits per heavy atom. The molecule has 25 heavy (non-hydrogen) atoms. The minimum Gasteiger partial charge on any atom is -0.335 e. The molecule has 8 heteroatoms. The van der Waals surface area contributed by atoms with E-state index in [1.54, 1.807) is 32.9 Å². The molecule has 0 aliphatic rings. The molecule has 2 aromatic heterocycles. The van der Waals surface area contributed by atoms with Crippen LogP contribution in [0.2, 0.25) is 5.02 Å². The van der Waals surface area contributed by atoms with Crippen molar-refractivity contribution < 1.29 is 9.32 Å². The minimum absolute atomic E-state index is 0.176. The molecule has 1 atom stereocenters. The average molecular weight is 361 g/mol. The summed E-state index contributed by atoms with van der Waals surface area (Å²) in [5.41, 5.74) is 1.74. The van der Waals surface area contributed by atoms with Crippen molar-refractivity contribution in [3.8, 4) is 0 Å². The lowest BCUT2D eigenvalue weighted by Crippen LogP contribution is -2.34. The van der Waals surface area contributed by atoms with E-state index in [1.165, 1.54) is 4.57 Å². The number of hydrogen-bond acceptors (Lipinski definition) is 5. The highest BCUT2D eigenvalue weighted by Gasteiger charge is 2.23. The third-order valence-corrected chi connectivity index (χ3v) is 4.35. The van der Waals surface area contributed by atoms with Gasteiger partial charge >= 0.3 is 0 Å². The minimum atomic E-state index is -0.767. The van der Waals surface area contributed by atoms with Crippen LogP contribution in [0.25, 0.3) is 11.1 Å². The Morgan fingerprint density at radius 3 is 2.76 bits per heavy atom. The molecular weight excluding hydrogens is 344 g/mol. The molecule has 2 heterocycles. The molecule has 7 nitrogen and oxygen atoms in total. The molecule has 0 aliphatic heterocycles. The zero-order valence-corrected chi connectivity index (χ0v) is 15.0. The number of benzene rings is 1. The molecule has 0 bridgehead atoms. The van der Waals surface area contributed by atoms with Crippen molar-refractivity contribution in [2.24, 2.45) is 0 Å². The number of carbonyl (C=O) groups excluding carboxylic acids is 1. The van der Waals surface area contributed by atoms with Gasteiger partial charge in [-0.05, 0) is 45.4 Å². The normalized spacial score (nSPS) is 12.4. The maximum Gasteiger partial charge on any atom is 0.267 e. The maximum atomic E-state index is 12.8. The van der Waals surface area contributed by atoms with Crippen LogP contribution in [-0.4, -0.2) is 20.6 Å². The number of aryl methyl sites for hydroxylation is 3. The van der Waals surface area contributed by atoms with Gasteiger partial charge in [-0.3, -0.25) is 14.2 Å². The number of nitrogens with zero attached hydrogens (tertiary/aromatic N) is 3. The second kappa shape index (κ2) is 6.33. The summed E-state index contributed by atoms with van der Waals surface area (Å²) in [6.45, 7) is 6.81. The summed E-state index contributed by atoms with van der Waals surface area (Å²) in [6, 6.07) is 4.46. The van der Waals surface area contributed by atoms with Crippen LogP contribution >= 0.6 is 11.6 Å². The Kier molecular flexibility index (Phi) is 4.34. The number of hydrogen-bond donors (Lipinski definition) is 1. The number of fused-ring (bicyclic) bond motifs is 1. The van der Waals surface area contributed by atoms with Crippen molar-refractivity contribution >= 4 is 34.3 Å². The van der Waals surface area contributed by atoms with Gasteiger partial charge in [-0.15, -0.1) is 0 Å². The molecule has 130 valence electrons. The number of amides is 1. The van der Waals surface area contributed by atoms with Gasteiger partial charge in [-0.2, -0.15) is 4.98 Å². The molecule has 0 unspecified atom stereocenters. The van der Waals surface area contributed by atoms with Crippen molar-refractivity contribution in [3.05, 3.63) is 50.7 Å². The lowest BCUT2D eigenvalue weighted by Gasteiger charge is -2.18. The van der Waals surface area contributed by atoms with E-state index in [0.717, 1.165) is 5.56 Å². The molecule has 3 aromatic rings. The van der Waals surface area contributed by atoms with Crippen molar-refractivity contribution in [1.29, 1.82) is 0 Å². The lowest BCUT2D eigenvalue weighted by atomic mass is 10.2. The van der Waals surface area contributed by atoms with Gasteiger partial charge in [0.05, 0.1) is 5.69 Å². The first-order valence-electron chi connectivity index (χ1n) is 7.71. The molecule has 0 radical (unpaired) electrons. The number of carbonyl (C=O) groups is 1. The van der Waals surface area contributed by atoms with Crippen molar-refractivity contribution in [3.63, 3.8) is 0 Å². The zero-order chi connectivity index (χ0) is 18.3. The van der Waals surface area contributed by atoms with Gasteiger partial charge in [-0.1, -0.05) is 22.8 Å². The van der Waals surface area contributed by atoms with Crippen LogP contribution in [0.1, 0.15) is 30.0 Å². The molecule has 1 N–H and O–H groups in total. The van der Waals surface area contributed by atoms with Crippen molar-refractivity contribution in [1.82, 2.24) is 14.7 Å². The van der Waals surface area contributed by atoms with Crippen LogP contribution in [0.5, 0.6) is 0 Å². The lowest BCUT2D eigenvalue weighted by molar-refractivity contribution is -0.118. The molecule has 0 aliphatic carbocycles. The van der Waals surface area contributed by atoms with Crippen molar-refractivity contribution in [2.45, 2.75) is 33.7 Å². The number of nitrogens with one attached hydrogen (secondary N) is 1. The quantitative estimate of drug-likeness (QED) is 0.774. The summed E-state index contributed by atoms with van der Waals surface area (Å²) < 4.78 is 6.38. The summed E-state index contributed by atoms with van der Waals surface area (Å²) in [6.07, 6.45) is 0. The molecular formula is C17H17ClN4O3. The Hall–Kier alpha value is -2.67. The third-order valence-electron chi connectivity index (χ3n) is 4.11. The number of anilines is 1. The molecule has 0 fully saturated rings. The van der Waals surface area contributed by atoms with E-state index in [9.17, 15) is 9.59 Å². The molecule has 3 rings (SSSR count). The smallest absolute Gasteiger partial charge is 0.267 e. The van der Waals surface area contributed by atoms with Gasteiger partial charge in [0, 0.05) is 10.7 Å². The summed E-state index contributed by atoms with van der Waals surface area (Å²) >= 11 is 5.98. The van der Waals surface area contributed by atoms with Gasteiger partial charge in [0.2, 0.25) is 5.91 Å². The number of halogens is 1. The Bertz CT molecular complexity index is 1040. The fourth-order valence-electron chi connectivity index (χ4n) is 2.69. The highest BCUT2D eigenvalue weighted by atomic mass is 35.5. The van der Waals surface area contributed by atoms with E-state index in [2.05, 4.69) is 15.5 Å². The van der Waals surface area contributed by atoms with Crippen LogP contribution in [0.4, 0.5) is 5.69 Å². The Morgan fingerprint density at radius 2 is 2.04 bits per heavy atom. The van der Waals surface area contributed by atoms with E-state index < -0.39 is 6.04 Å². The number of rotatable bonds is 3. The van der Waals surface area contributed by atoms with Crippen molar-refractivity contribution in [2.75, 3.05) is 5.32 Å². The fraction of sp³-hybridized carbons (Fsp3) is 0.294. The van der Waals surface area contributed by atoms with E-state index >= 15 is 0 Å². The molecule has 0 spiro atoms. The van der Waals surface area contributed by atoms with Crippen LogP contribution in [0.15, 0.2) is 27.5 Å². The average Bonchev–Trinajstić information content (AvgIpc) is 2.91. The predicted octanol–water partition coefficient (Wildman–Crippen LogP) is 3.16. The maximum absolute atomic E-state index is 12.8. The van der Waals surface area contributed by atoms with Gasteiger partial charge in [-0.25, -0.2) is 0 Å². The first kappa shape index (κ1) is 17.2. The SMILES string of the molecule is Cc1ccc(Cl)cc1NC(=O)[C@H](C)n1c(C)nc2onc(C)c2c1=O. The van der Waals surface area contributed by atoms with Gasteiger partial charge in [0.1, 0.15) is 17.3 Å². The van der Waals surface area contributed by atoms with Gasteiger partial charge < -0.3 is 9.84 Å². The molecule has 1 amide bonds. The molecule has 1 aromatic carbocycles. The zero-order valence-electron chi connectivity index (χ0n) is 14.3. The summed E-state index contributed by atoms with van der Waals surface area (Å²) in [4.78, 5) is 29.7. The van der Waals surface area contributed by atoms with Crippen LogP contribution in [0, 0.1) is 20.8 Å². The van der Waals surface area contributed by atoms with Crippen LogP contribution < -0.4 is 10.9 Å². The number of aromatic nitrogens is 3. The topological polar surface area (TPSA) is 90.0 Å². The summed E-state index contributed by atoms with van der Waals surface area (Å²) in [5.74, 6) is 0.0324. The standard InChI is InChI=1S/C17H17ClN4O3/c1-8-5-6-12(18)7-13(8)20-15(23)10(3)22-11(4)19-16-14(17(22)24)9(2)21-25-16/h5-7,10H,1-4H3,(H,20,23)/t10-/m0/s1. The Labute approximate surface area is 148 Å². The summed E-state index contributed by atoms with van der Waals surface area (Å²) in [5, 5.41) is 7.38. The highest BCUT2D eigenvalue weighted by molar-refractivity contribution is 6.31. The largest absolute Gasteiger partial charge is 0.335 e. The molecule has 0 saturated heterocycles. The Balaban J connectivity index is 2.00. The first-order chi connectivity index (χ1) is 11.8. The van der Waals surface area contributed by atoms with Crippen LogP contribution in [0.3, 0.4) is 0 Å². The van der Waals surface area contributed by atoms with Gasteiger partial charge in [0.25, 0.3) is 11.3 Å². The second-order valence-electron chi connectivity index (χ2n) is 5.91. The highest BCUT2D eigenvalue weighted by Crippen LogP contribution is 2.22. The van der Waals surface area contributed by atoms with E-state index in [1.807, 2.05) is 13.0 Å². The van der Waals surface area contributed by atoms with E-state index in [-0.39, 0.29) is 22.6 Å². The predicted molar refractivity (Wildman–Crippen MR) is 95.1 cm³/mol. The molecule has 0 saturated carbocycles. The van der Waals surface area contributed by atoms with E-state index in [4.69, 9.17) is 16.1 Å². The third kappa shape index (κ3) is 3.02.